The molecule has 0 unspecified atom stereocenters. The van der Waals surface area contributed by atoms with E-state index in [1.54, 1.807) is 14.1 Å². The predicted octanol–water partition coefficient (Wildman–Crippen LogP) is 1.94. The Morgan fingerprint density at radius 3 is 2.29 bits per heavy atom. The minimum absolute atomic E-state index is 0.158. The van der Waals surface area contributed by atoms with Gasteiger partial charge in [-0.15, -0.1) is 0 Å². The molecule has 0 saturated carbocycles. The van der Waals surface area contributed by atoms with Gasteiger partial charge in [-0.1, -0.05) is 23.5 Å². The number of hydrogen-bond donors (Lipinski definition) is 1. The summed E-state index contributed by atoms with van der Waals surface area (Å²) in [5, 5.41) is 3.27. The number of carbonyl (C=O) groups excluding carboxylic acids is 1. The number of rotatable bonds is 1. The Morgan fingerprint density at radius 2 is 1.76 bits per heavy atom. The Labute approximate surface area is 125 Å². The molecule has 0 aliphatic carbocycles. The largest absolute Gasteiger partial charge is 0.341 e. The average Bonchev–Trinajstić information content (AvgIpc) is 2.99. The number of nitrogens with one attached hydrogen (secondary N) is 1. The Kier molecular flexibility index (Phi) is 5.10. The van der Waals surface area contributed by atoms with Gasteiger partial charge in [0.05, 0.1) is 10.2 Å². The molecule has 2 amide bonds. The minimum Gasteiger partial charge on any atom is -0.341 e. The molecular weight excluding hydrogens is 288 g/mol. The lowest BCUT2D eigenvalue weighted by molar-refractivity contribution is 0.249. The van der Waals surface area contributed by atoms with Crippen molar-refractivity contribution in [2.75, 3.05) is 19.0 Å². The van der Waals surface area contributed by atoms with Gasteiger partial charge in [0.2, 0.25) is 0 Å². The molecule has 0 saturated heterocycles. The second-order valence-corrected chi connectivity index (χ2v) is 4.88. The zero-order chi connectivity index (χ0) is 15.1. The van der Waals surface area contributed by atoms with Crippen molar-refractivity contribution in [3.05, 3.63) is 43.2 Å². The first-order valence-electron chi connectivity index (χ1n) is 6.08. The van der Waals surface area contributed by atoms with Crippen LogP contribution < -0.4 is 10.2 Å². The first kappa shape index (κ1) is 14.8. The number of amides is 2. The van der Waals surface area contributed by atoms with Crippen molar-refractivity contribution in [2.24, 2.45) is 0 Å². The van der Waals surface area contributed by atoms with Crippen molar-refractivity contribution in [1.82, 2.24) is 25.3 Å². The Morgan fingerprint density at radius 1 is 1.14 bits per heavy atom. The van der Waals surface area contributed by atoms with Crippen molar-refractivity contribution < 1.29 is 4.79 Å². The Balaban J connectivity index is 0.000000225. The molecule has 0 aliphatic rings. The third kappa shape index (κ3) is 3.93. The fraction of sp³-hybridized carbons (Fsp3) is 0.154. The van der Waals surface area contributed by atoms with E-state index in [0.717, 1.165) is 10.2 Å². The molecule has 0 fully saturated rings. The smallest absolute Gasteiger partial charge is 0.323 e. The Hall–Kier alpha value is -2.61. The molecule has 1 aromatic carbocycles. The molecule has 7 nitrogen and oxygen atoms in total. The molecule has 3 rings (SSSR count). The fourth-order valence-corrected chi connectivity index (χ4v) is 2.39. The Bertz CT molecular complexity index is 642. The van der Waals surface area contributed by atoms with Gasteiger partial charge in [-0.3, -0.25) is 4.90 Å². The average molecular weight is 302 g/mol. The van der Waals surface area contributed by atoms with Crippen molar-refractivity contribution >= 4 is 32.7 Å². The number of nitrogens with zero attached hydrogens (tertiary/aromatic N) is 5. The topological polar surface area (TPSA) is 83.9 Å². The third-order valence-corrected chi connectivity index (χ3v) is 3.60. The van der Waals surface area contributed by atoms with E-state index in [1.165, 1.54) is 35.2 Å². The highest BCUT2D eigenvalue weighted by molar-refractivity contribution is 7.22. The summed E-state index contributed by atoms with van der Waals surface area (Å²) in [6, 6.07) is 7.67. The molecule has 0 atom stereocenters. The molecule has 2 heterocycles. The molecule has 1 N–H and O–H groups in total. The van der Waals surface area contributed by atoms with E-state index in [9.17, 15) is 4.79 Å². The number of anilines is 1. The summed E-state index contributed by atoms with van der Waals surface area (Å²) in [4.78, 5) is 27.9. The van der Waals surface area contributed by atoms with Gasteiger partial charge in [0, 0.05) is 14.1 Å². The van der Waals surface area contributed by atoms with Gasteiger partial charge in [0.25, 0.3) is 0 Å². The van der Waals surface area contributed by atoms with Crippen LogP contribution in [0.2, 0.25) is 0 Å². The molecule has 21 heavy (non-hydrogen) atoms. The molecule has 2 aromatic heterocycles. The second-order valence-electron chi connectivity index (χ2n) is 3.87. The maximum Gasteiger partial charge on any atom is 0.323 e. The van der Waals surface area contributed by atoms with Crippen molar-refractivity contribution in [2.45, 2.75) is 0 Å². The number of hydrogen-bond acceptors (Lipinski definition) is 6. The van der Waals surface area contributed by atoms with Crippen LogP contribution in [0.4, 0.5) is 9.93 Å². The van der Waals surface area contributed by atoms with E-state index >= 15 is 0 Å². The maximum absolute atomic E-state index is 11.4. The second kappa shape index (κ2) is 7.25. The highest BCUT2D eigenvalue weighted by atomic mass is 32.1. The van der Waals surface area contributed by atoms with Crippen LogP contribution >= 0.6 is 11.3 Å². The normalized spacial score (nSPS) is 9.62. The third-order valence-electron chi connectivity index (χ3n) is 2.49. The molecule has 0 spiro atoms. The van der Waals surface area contributed by atoms with Crippen molar-refractivity contribution in [3.8, 4) is 0 Å². The van der Waals surface area contributed by atoms with Crippen LogP contribution in [-0.2, 0) is 0 Å². The van der Waals surface area contributed by atoms with Gasteiger partial charge in [-0.05, 0) is 12.1 Å². The molecule has 8 heteroatoms. The molecule has 0 radical (unpaired) electrons. The van der Waals surface area contributed by atoms with E-state index in [0.29, 0.717) is 5.13 Å². The lowest BCUT2D eigenvalue weighted by Gasteiger charge is -2.11. The number of benzene rings is 1. The van der Waals surface area contributed by atoms with Gasteiger partial charge in [0.15, 0.2) is 5.13 Å². The van der Waals surface area contributed by atoms with Crippen LogP contribution in [0, 0.1) is 0 Å². The zero-order valence-electron chi connectivity index (χ0n) is 11.6. The van der Waals surface area contributed by atoms with Crippen molar-refractivity contribution in [1.29, 1.82) is 0 Å². The maximum atomic E-state index is 11.4. The van der Waals surface area contributed by atoms with E-state index in [4.69, 9.17) is 0 Å². The first-order valence-corrected chi connectivity index (χ1v) is 6.90. The lowest BCUT2D eigenvalue weighted by atomic mass is 10.3. The standard InChI is InChI=1S/C10H11N3OS.C3H3N3/c1-11-9(14)13(2)10-12-7-5-3-4-6-8(7)15-10;1-4-2-6-3-5-1/h3-6H,1-2H3,(H,11,14);1-3H. The van der Waals surface area contributed by atoms with Crippen LogP contribution in [0.25, 0.3) is 10.2 Å². The molecule has 108 valence electrons. The van der Waals surface area contributed by atoms with Crippen LogP contribution in [-0.4, -0.2) is 40.1 Å². The summed E-state index contributed by atoms with van der Waals surface area (Å²) in [6.07, 6.45) is 4.31. The number of aromatic nitrogens is 4. The van der Waals surface area contributed by atoms with E-state index in [1.807, 2.05) is 24.3 Å². The summed E-state index contributed by atoms with van der Waals surface area (Å²) < 4.78 is 1.09. The van der Waals surface area contributed by atoms with Gasteiger partial charge in [-0.25, -0.2) is 24.7 Å². The van der Waals surface area contributed by atoms with Crippen LogP contribution in [0.1, 0.15) is 0 Å². The number of para-hydroxylation sites is 1. The van der Waals surface area contributed by atoms with Crippen LogP contribution in [0.3, 0.4) is 0 Å². The monoisotopic (exact) mass is 302 g/mol. The van der Waals surface area contributed by atoms with Gasteiger partial charge >= 0.3 is 6.03 Å². The van der Waals surface area contributed by atoms with E-state index in [2.05, 4.69) is 25.3 Å². The summed E-state index contributed by atoms with van der Waals surface area (Å²) >= 11 is 1.50. The highest BCUT2D eigenvalue weighted by Crippen LogP contribution is 2.27. The van der Waals surface area contributed by atoms with Gasteiger partial charge in [0.1, 0.15) is 19.0 Å². The number of carbonyl (C=O) groups is 1. The van der Waals surface area contributed by atoms with Gasteiger partial charge in [-0.2, -0.15) is 0 Å². The van der Waals surface area contributed by atoms with E-state index in [-0.39, 0.29) is 6.03 Å². The lowest BCUT2D eigenvalue weighted by Crippen LogP contribution is -2.34. The predicted molar refractivity (Wildman–Crippen MR) is 82.3 cm³/mol. The number of thiazole rings is 1. The fourth-order valence-electron chi connectivity index (χ4n) is 1.46. The number of fused-ring (bicyclic) bond motifs is 1. The first-order chi connectivity index (χ1) is 10.2. The van der Waals surface area contributed by atoms with E-state index < -0.39 is 0 Å². The quantitative estimate of drug-likeness (QED) is 0.742. The molecule has 0 bridgehead atoms. The van der Waals surface area contributed by atoms with Crippen LogP contribution in [0.15, 0.2) is 43.2 Å². The molecule has 3 aromatic rings. The summed E-state index contributed by atoms with van der Waals surface area (Å²) in [7, 11) is 3.31. The van der Waals surface area contributed by atoms with Gasteiger partial charge < -0.3 is 5.32 Å². The van der Waals surface area contributed by atoms with Crippen molar-refractivity contribution in [3.63, 3.8) is 0 Å². The SMILES string of the molecule is CNC(=O)N(C)c1nc2ccccc2s1.c1ncncn1. The molecular formula is C13H14N6OS. The number of urea groups is 1. The molecule has 0 aliphatic heterocycles. The summed E-state index contributed by atoms with van der Waals surface area (Å²) in [5.41, 5.74) is 0.924. The summed E-state index contributed by atoms with van der Waals surface area (Å²) in [6.45, 7) is 0. The van der Waals surface area contributed by atoms with Crippen LogP contribution in [0.5, 0.6) is 0 Å². The zero-order valence-corrected chi connectivity index (χ0v) is 12.4. The highest BCUT2D eigenvalue weighted by Gasteiger charge is 2.12. The summed E-state index contributed by atoms with van der Waals surface area (Å²) in [5.74, 6) is 0. The minimum atomic E-state index is -0.158.